The molecular weight excluding hydrogens is 228 g/mol. The van der Waals surface area contributed by atoms with E-state index in [0.717, 1.165) is 31.3 Å². The van der Waals surface area contributed by atoms with E-state index < -0.39 is 0 Å². The molecule has 1 saturated carbocycles. The summed E-state index contributed by atoms with van der Waals surface area (Å²) in [5.74, 6) is 2.18. The van der Waals surface area contributed by atoms with Crippen molar-refractivity contribution in [2.45, 2.75) is 38.3 Å². The van der Waals surface area contributed by atoms with Crippen molar-refractivity contribution < 1.29 is 9.47 Å². The highest BCUT2D eigenvalue weighted by Crippen LogP contribution is 2.57. The lowest BCUT2D eigenvalue weighted by molar-refractivity contribution is -0.110. The average Bonchev–Trinajstić information content (AvgIpc) is 3.03. The van der Waals surface area contributed by atoms with Crippen molar-refractivity contribution in [3.8, 4) is 0 Å². The first-order chi connectivity index (χ1) is 8.67. The molecule has 0 aromatic heterocycles. The molecule has 2 aliphatic rings. The summed E-state index contributed by atoms with van der Waals surface area (Å²) in [5, 5.41) is 3.37. The lowest BCUT2D eigenvalue weighted by atomic mass is 9.81. The van der Waals surface area contributed by atoms with Crippen LogP contribution in [0.3, 0.4) is 0 Å². The van der Waals surface area contributed by atoms with Crippen LogP contribution in [0.1, 0.15) is 26.7 Å². The molecule has 4 heteroatoms. The Hall–Kier alpha value is -0.160. The maximum Gasteiger partial charge on any atom is 0.0891 e. The quantitative estimate of drug-likeness (QED) is 0.696. The van der Waals surface area contributed by atoms with Crippen molar-refractivity contribution in [3.63, 3.8) is 0 Å². The molecule has 1 aliphatic heterocycles. The van der Waals surface area contributed by atoms with Crippen LogP contribution >= 0.6 is 0 Å². The molecule has 2 fully saturated rings. The second-order valence-electron chi connectivity index (χ2n) is 5.81. The Balaban J connectivity index is 2.07. The zero-order valence-corrected chi connectivity index (χ0v) is 11.9. The van der Waals surface area contributed by atoms with E-state index in [0.29, 0.717) is 19.1 Å². The summed E-state index contributed by atoms with van der Waals surface area (Å²) in [6.07, 6.45) is 2.27. The van der Waals surface area contributed by atoms with Crippen LogP contribution in [0.2, 0.25) is 0 Å². The van der Waals surface area contributed by atoms with Crippen LogP contribution < -0.4 is 11.1 Å². The highest BCUT2D eigenvalue weighted by atomic mass is 16.5. The molecule has 4 nitrogen and oxygen atoms in total. The summed E-state index contributed by atoms with van der Waals surface area (Å²) in [7, 11) is 1.72. The Labute approximate surface area is 111 Å². The van der Waals surface area contributed by atoms with Gasteiger partial charge in [-0.15, -0.1) is 0 Å². The molecule has 0 aromatic rings. The number of hydrogen-bond acceptors (Lipinski definition) is 4. The molecule has 5 atom stereocenters. The van der Waals surface area contributed by atoms with Crippen LogP contribution in [0, 0.1) is 17.8 Å². The number of nitrogens with two attached hydrogens (primary N) is 1. The van der Waals surface area contributed by atoms with Crippen LogP contribution in [0.25, 0.3) is 0 Å². The summed E-state index contributed by atoms with van der Waals surface area (Å²) < 4.78 is 11.4. The van der Waals surface area contributed by atoms with Gasteiger partial charge < -0.3 is 20.5 Å². The minimum atomic E-state index is -0.121. The fourth-order valence-corrected chi connectivity index (χ4v) is 3.88. The monoisotopic (exact) mass is 256 g/mol. The molecule has 0 amide bonds. The first kappa shape index (κ1) is 14.3. The van der Waals surface area contributed by atoms with E-state index in [4.69, 9.17) is 15.2 Å². The maximum atomic E-state index is 6.39. The third-order valence-corrected chi connectivity index (χ3v) is 4.94. The average molecular weight is 256 g/mol. The Morgan fingerprint density at radius 1 is 1.39 bits per heavy atom. The standard InChI is InChI=1S/C14H28N2O2/c1-4-11-10(2)13(11)14(18-8-7-17-3)5-6-16-9-12(14)15/h10-13,16H,4-9,15H2,1-3H3. The Bertz CT molecular complexity index is 275. The van der Waals surface area contributed by atoms with Gasteiger partial charge in [0.1, 0.15) is 0 Å². The summed E-state index contributed by atoms with van der Waals surface area (Å²) in [6, 6.07) is 0.104. The molecule has 18 heavy (non-hydrogen) atoms. The van der Waals surface area contributed by atoms with E-state index >= 15 is 0 Å². The van der Waals surface area contributed by atoms with Crippen LogP contribution in [0.15, 0.2) is 0 Å². The number of nitrogens with one attached hydrogen (secondary N) is 1. The van der Waals surface area contributed by atoms with Crippen LogP contribution in [-0.2, 0) is 9.47 Å². The molecule has 1 aliphatic carbocycles. The fourth-order valence-electron chi connectivity index (χ4n) is 3.88. The van der Waals surface area contributed by atoms with Gasteiger partial charge in [0.2, 0.25) is 0 Å². The predicted molar refractivity (Wildman–Crippen MR) is 72.5 cm³/mol. The zero-order valence-electron chi connectivity index (χ0n) is 11.9. The summed E-state index contributed by atoms with van der Waals surface area (Å²) in [6.45, 7) is 7.81. The van der Waals surface area contributed by atoms with Gasteiger partial charge in [-0.1, -0.05) is 20.3 Å². The number of ether oxygens (including phenoxy) is 2. The molecule has 1 saturated heterocycles. The molecular formula is C14H28N2O2. The van der Waals surface area contributed by atoms with Crippen molar-refractivity contribution in [1.82, 2.24) is 5.32 Å². The number of methoxy groups -OCH3 is 1. The van der Waals surface area contributed by atoms with Crippen LogP contribution in [0.4, 0.5) is 0 Å². The van der Waals surface area contributed by atoms with E-state index in [2.05, 4.69) is 19.2 Å². The van der Waals surface area contributed by atoms with Gasteiger partial charge in [-0.05, 0) is 30.7 Å². The second kappa shape index (κ2) is 5.87. The predicted octanol–water partition coefficient (Wildman–Crippen LogP) is 1.00. The van der Waals surface area contributed by atoms with E-state index in [1.54, 1.807) is 7.11 Å². The van der Waals surface area contributed by atoms with Crippen molar-refractivity contribution in [3.05, 3.63) is 0 Å². The number of rotatable bonds is 6. The number of hydrogen-bond donors (Lipinski definition) is 2. The lowest BCUT2D eigenvalue weighted by Crippen LogP contribution is -2.62. The molecule has 106 valence electrons. The summed E-state index contributed by atoms with van der Waals surface area (Å²) >= 11 is 0. The van der Waals surface area contributed by atoms with Crippen LogP contribution in [-0.4, -0.2) is 45.1 Å². The second-order valence-corrected chi connectivity index (χ2v) is 5.81. The van der Waals surface area contributed by atoms with Gasteiger partial charge >= 0.3 is 0 Å². The van der Waals surface area contributed by atoms with E-state index in [1.807, 2.05) is 0 Å². The summed E-state index contributed by atoms with van der Waals surface area (Å²) in [4.78, 5) is 0. The SMILES string of the molecule is CCC1C(C)C1C1(OCCOC)CCNCC1N. The van der Waals surface area contributed by atoms with Gasteiger partial charge in [-0.25, -0.2) is 0 Å². The van der Waals surface area contributed by atoms with Crippen molar-refractivity contribution in [2.75, 3.05) is 33.4 Å². The molecule has 2 rings (SSSR count). The molecule has 5 unspecified atom stereocenters. The maximum absolute atomic E-state index is 6.39. The highest BCUT2D eigenvalue weighted by molar-refractivity contribution is 5.12. The van der Waals surface area contributed by atoms with Crippen molar-refractivity contribution in [2.24, 2.45) is 23.5 Å². The zero-order chi connectivity index (χ0) is 13.2. The third-order valence-electron chi connectivity index (χ3n) is 4.94. The third kappa shape index (κ3) is 2.44. The lowest BCUT2D eigenvalue weighted by Gasteiger charge is -2.43. The van der Waals surface area contributed by atoms with E-state index in [-0.39, 0.29) is 11.6 Å². The minimum absolute atomic E-state index is 0.104. The normalized spacial score (nSPS) is 44.0. The highest BCUT2D eigenvalue weighted by Gasteiger charge is 2.61. The molecule has 0 spiro atoms. The van der Waals surface area contributed by atoms with Gasteiger partial charge in [-0.3, -0.25) is 0 Å². The van der Waals surface area contributed by atoms with Gasteiger partial charge in [-0.2, -0.15) is 0 Å². The molecule has 1 heterocycles. The van der Waals surface area contributed by atoms with Crippen molar-refractivity contribution in [1.29, 1.82) is 0 Å². The van der Waals surface area contributed by atoms with Gasteiger partial charge in [0.05, 0.1) is 18.8 Å². The first-order valence-corrected chi connectivity index (χ1v) is 7.26. The molecule has 3 N–H and O–H groups in total. The Morgan fingerprint density at radius 2 is 2.17 bits per heavy atom. The van der Waals surface area contributed by atoms with E-state index in [1.165, 1.54) is 6.42 Å². The van der Waals surface area contributed by atoms with E-state index in [9.17, 15) is 0 Å². The van der Waals surface area contributed by atoms with Gasteiger partial charge in [0.15, 0.2) is 0 Å². The first-order valence-electron chi connectivity index (χ1n) is 7.26. The molecule has 0 bridgehead atoms. The fraction of sp³-hybridized carbons (Fsp3) is 1.00. The Kier molecular flexibility index (Phi) is 4.64. The molecule has 0 aromatic carbocycles. The topological polar surface area (TPSA) is 56.5 Å². The smallest absolute Gasteiger partial charge is 0.0891 e. The van der Waals surface area contributed by atoms with Crippen LogP contribution in [0.5, 0.6) is 0 Å². The molecule has 0 radical (unpaired) electrons. The van der Waals surface area contributed by atoms with Crippen molar-refractivity contribution >= 4 is 0 Å². The summed E-state index contributed by atoms with van der Waals surface area (Å²) in [5.41, 5.74) is 6.27. The van der Waals surface area contributed by atoms with Gasteiger partial charge in [0, 0.05) is 19.7 Å². The minimum Gasteiger partial charge on any atom is -0.382 e. The van der Waals surface area contributed by atoms with Gasteiger partial charge in [0.25, 0.3) is 0 Å². The largest absolute Gasteiger partial charge is 0.382 e. The number of piperidine rings is 1. The Morgan fingerprint density at radius 3 is 2.72 bits per heavy atom.